The Bertz CT molecular complexity index is 899. The number of para-hydroxylation sites is 1. The zero-order valence-electron chi connectivity index (χ0n) is 17.0. The monoisotopic (exact) mass is 397 g/mol. The Morgan fingerprint density at radius 3 is 2.52 bits per heavy atom. The lowest BCUT2D eigenvalue weighted by Gasteiger charge is -2.35. The summed E-state index contributed by atoms with van der Waals surface area (Å²) in [7, 11) is 0. The van der Waals surface area contributed by atoms with Crippen molar-refractivity contribution in [3.8, 4) is 17.0 Å². The number of benzene rings is 1. The third-order valence-corrected chi connectivity index (χ3v) is 4.46. The number of phenolic OH excluding ortho intramolecular Hbond substituents is 1. The molecule has 2 heterocycles. The van der Waals surface area contributed by atoms with Crippen LogP contribution < -0.4 is 10.6 Å². The van der Waals surface area contributed by atoms with Gasteiger partial charge in [0.25, 0.3) is 0 Å². The highest BCUT2D eigenvalue weighted by atomic mass is 16.6. The first-order valence-electron chi connectivity index (χ1n) is 9.55. The molecule has 3 N–H and O–H groups in total. The first-order chi connectivity index (χ1) is 13.7. The number of hydrogen-bond donors (Lipinski definition) is 2. The van der Waals surface area contributed by atoms with E-state index in [0.29, 0.717) is 17.1 Å². The standard InChI is InChI=1S/C21H27N5O3/c1-21(2,3)29-19(28)8-9-25-10-12-26(13-11-25)17-14-16(23-24-20(17)22)15-6-4-5-7-18(15)27/h4-9,14,27H,10-13H2,1-3H3,(H2,22,24)/b9-8+. The average molecular weight is 397 g/mol. The first kappa shape index (κ1) is 20.4. The van der Waals surface area contributed by atoms with E-state index < -0.39 is 5.60 Å². The Balaban J connectivity index is 1.66. The summed E-state index contributed by atoms with van der Waals surface area (Å²) in [6, 6.07) is 8.85. The van der Waals surface area contributed by atoms with Gasteiger partial charge in [0, 0.05) is 44.0 Å². The number of carbonyl (C=O) groups excluding carboxylic acids is 1. The predicted octanol–water partition coefficient (Wildman–Crippen LogP) is 2.41. The molecule has 3 rings (SSSR count). The Labute approximate surface area is 170 Å². The molecule has 0 amide bonds. The highest BCUT2D eigenvalue weighted by Gasteiger charge is 2.20. The molecule has 1 aromatic heterocycles. The molecule has 0 aliphatic carbocycles. The van der Waals surface area contributed by atoms with Crippen LogP contribution in [0.15, 0.2) is 42.6 Å². The number of nitrogen functional groups attached to an aromatic ring is 1. The van der Waals surface area contributed by atoms with E-state index in [9.17, 15) is 9.90 Å². The molecule has 2 aromatic rings. The SMILES string of the molecule is CC(C)(C)OC(=O)/C=C/N1CCN(c2cc(-c3ccccc3O)nnc2N)CC1. The van der Waals surface area contributed by atoms with Gasteiger partial charge in [0.15, 0.2) is 5.82 Å². The second kappa shape index (κ2) is 8.38. The number of rotatable bonds is 4. The summed E-state index contributed by atoms with van der Waals surface area (Å²) < 4.78 is 5.28. The zero-order valence-corrected chi connectivity index (χ0v) is 17.0. The summed E-state index contributed by atoms with van der Waals surface area (Å²) in [5, 5.41) is 18.3. The number of hydrogen-bond acceptors (Lipinski definition) is 8. The molecule has 0 unspecified atom stereocenters. The van der Waals surface area contributed by atoms with Crippen molar-refractivity contribution in [2.24, 2.45) is 0 Å². The minimum absolute atomic E-state index is 0.148. The number of nitrogens with zero attached hydrogens (tertiary/aromatic N) is 4. The van der Waals surface area contributed by atoms with Gasteiger partial charge in [0.1, 0.15) is 11.4 Å². The molecule has 1 fully saturated rings. The van der Waals surface area contributed by atoms with Gasteiger partial charge in [-0.1, -0.05) is 12.1 Å². The van der Waals surface area contributed by atoms with Crippen molar-refractivity contribution in [3.05, 3.63) is 42.6 Å². The molecule has 1 aliphatic rings. The van der Waals surface area contributed by atoms with E-state index >= 15 is 0 Å². The fraction of sp³-hybridized carbons (Fsp3) is 0.381. The summed E-state index contributed by atoms with van der Waals surface area (Å²) >= 11 is 0. The van der Waals surface area contributed by atoms with Gasteiger partial charge in [-0.15, -0.1) is 10.2 Å². The van der Waals surface area contributed by atoms with Gasteiger partial charge in [0.2, 0.25) is 0 Å². The van der Waals surface area contributed by atoms with Crippen LogP contribution in [0, 0.1) is 0 Å². The molecule has 154 valence electrons. The summed E-state index contributed by atoms with van der Waals surface area (Å²) in [5.41, 5.74) is 7.53. The van der Waals surface area contributed by atoms with Crippen LogP contribution in [0.4, 0.5) is 11.5 Å². The van der Waals surface area contributed by atoms with Gasteiger partial charge < -0.3 is 25.4 Å². The van der Waals surface area contributed by atoms with Crippen LogP contribution in [0.5, 0.6) is 5.75 Å². The average Bonchev–Trinajstić information content (AvgIpc) is 2.67. The van der Waals surface area contributed by atoms with Crippen molar-refractivity contribution in [2.75, 3.05) is 36.8 Å². The normalized spacial score (nSPS) is 15.0. The van der Waals surface area contributed by atoms with Crippen LogP contribution in [-0.2, 0) is 9.53 Å². The van der Waals surface area contributed by atoms with Crippen molar-refractivity contribution >= 4 is 17.5 Å². The quantitative estimate of drug-likeness (QED) is 0.599. The number of esters is 1. The maximum absolute atomic E-state index is 11.8. The van der Waals surface area contributed by atoms with Gasteiger partial charge in [-0.05, 0) is 39.0 Å². The highest BCUT2D eigenvalue weighted by Crippen LogP contribution is 2.31. The van der Waals surface area contributed by atoms with Crippen molar-refractivity contribution in [1.29, 1.82) is 0 Å². The van der Waals surface area contributed by atoms with E-state index in [4.69, 9.17) is 10.5 Å². The number of phenols is 1. The summed E-state index contributed by atoms with van der Waals surface area (Å²) in [6.07, 6.45) is 3.23. The second-order valence-electron chi connectivity index (χ2n) is 7.89. The minimum atomic E-state index is -0.503. The summed E-state index contributed by atoms with van der Waals surface area (Å²) in [5.74, 6) is 0.145. The Morgan fingerprint density at radius 2 is 1.86 bits per heavy atom. The van der Waals surface area contributed by atoms with Crippen LogP contribution in [0.25, 0.3) is 11.3 Å². The van der Waals surface area contributed by atoms with Crippen LogP contribution in [0.1, 0.15) is 20.8 Å². The Kier molecular flexibility index (Phi) is 5.91. The maximum Gasteiger partial charge on any atom is 0.332 e. The van der Waals surface area contributed by atoms with Gasteiger partial charge >= 0.3 is 5.97 Å². The fourth-order valence-electron chi connectivity index (χ4n) is 3.08. The number of nitrogens with two attached hydrogens (primary N) is 1. The van der Waals surface area contributed by atoms with Crippen molar-refractivity contribution in [1.82, 2.24) is 15.1 Å². The number of aromatic hydroxyl groups is 1. The molecule has 8 nitrogen and oxygen atoms in total. The smallest absolute Gasteiger partial charge is 0.332 e. The zero-order chi connectivity index (χ0) is 21.0. The van der Waals surface area contributed by atoms with Gasteiger partial charge in [0.05, 0.1) is 11.4 Å². The summed E-state index contributed by atoms with van der Waals surface area (Å²) in [6.45, 7) is 8.42. The molecule has 0 bridgehead atoms. The second-order valence-corrected chi connectivity index (χ2v) is 7.89. The van der Waals surface area contributed by atoms with Crippen molar-refractivity contribution in [3.63, 3.8) is 0 Å². The van der Waals surface area contributed by atoms with E-state index in [1.165, 1.54) is 6.08 Å². The molecule has 1 aliphatic heterocycles. The minimum Gasteiger partial charge on any atom is -0.507 e. The molecule has 1 saturated heterocycles. The van der Waals surface area contributed by atoms with Gasteiger partial charge in [-0.2, -0.15) is 0 Å². The number of piperazine rings is 1. The Morgan fingerprint density at radius 1 is 1.17 bits per heavy atom. The molecule has 8 heteroatoms. The number of aromatic nitrogens is 2. The molecule has 0 spiro atoms. The van der Waals surface area contributed by atoms with E-state index in [1.54, 1.807) is 24.4 Å². The number of carbonyl (C=O) groups is 1. The molecular formula is C21H27N5O3. The topological polar surface area (TPSA) is 105 Å². The van der Waals surface area contributed by atoms with E-state index in [0.717, 1.165) is 31.9 Å². The van der Waals surface area contributed by atoms with Crippen LogP contribution >= 0.6 is 0 Å². The van der Waals surface area contributed by atoms with Crippen molar-refractivity contribution < 1.29 is 14.6 Å². The van der Waals surface area contributed by atoms with Crippen LogP contribution in [0.2, 0.25) is 0 Å². The third-order valence-electron chi connectivity index (χ3n) is 4.46. The molecule has 0 radical (unpaired) electrons. The highest BCUT2D eigenvalue weighted by molar-refractivity contribution is 5.82. The predicted molar refractivity (Wildman–Crippen MR) is 112 cm³/mol. The lowest BCUT2D eigenvalue weighted by Crippen LogP contribution is -2.44. The molecule has 1 aromatic carbocycles. The summed E-state index contributed by atoms with van der Waals surface area (Å²) in [4.78, 5) is 16.0. The van der Waals surface area contributed by atoms with Gasteiger partial charge in [-0.3, -0.25) is 0 Å². The molecular weight excluding hydrogens is 370 g/mol. The first-order valence-corrected chi connectivity index (χ1v) is 9.55. The van der Waals surface area contributed by atoms with E-state index in [-0.39, 0.29) is 11.7 Å². The van der Waals surface area contributed by atoms with E-state index in [1.807, 2.05) is 32.9 Å². The van der Waals surface area contributed by atoms with Gasteiger partial charge in [-0.25, -0.2) is 4.79 Å². The lowest BCUT2D eigenvalue weighted by atomic mass is 10.1. The number of ether oxygens (including phenoxy) is 1. The largest absolute Gasteiger partial charge is 0.507 e. The number of anilines is 2. The van der Waals surface area contributed by atoms with Crippen LogP contribution in [-0.4, -0.2) is 58.0 Å². The Hall–Kier alpha value is -3.29. The molecule has 0 atom stereocenters. The maximum atomic E-state index is 11.8. The van der Waals surface area contributed by atoms with Crippen LogP contribution in [0.3, 0.4) is 0 Å². The van der Waals surface area contributed by atoms with E-state index in [2.05, 4.69) is 20.0 Å². The molecule has 29 heavy (non-hydrogen) atoms. The van der Waals surface area contributed by atoms with Crippen molar-refractivity contribution in [2.45, 2.75) is 26.4 Å². The fourth-order valence-corrected chi connectivity index (χ4v) is 3.08. The molecule has 0 saturated carbocycles. The lowest BCUT2D eigenvalue weighted by molar-refractivity contribution is -0.148. The third kappa shape index (κ3) is 5.37.